The average molecular weight is 303 g/mol. The number of hydrogen-bond donors (Lipinski definition) is 1. The van der Waals surface area contributed by atoms with E-state index in [-0.39, 0.29) is 16.0 Å². The second-order valence-corrected chi connectivity index (χ2v) is 7.02. The molecule has 1 aliphatic heterocycles. The predicted molar refractivity (Wildman–Crippen MR) is 76.9 cm³/mol. The summed E-state index contributed by atoms with van der Waals surface area (Å²) in [5.41, 5.74) is 0. The minimum absolute atomic E-state index is 0.144. The number of likely N-dealkylation sites (tertiary alicyclic amines) is 1. The third kappa shape index (κ3) is 3.69. The molecule has 6 heteroatoms. The summed E-state index contributed by atoms with van der Waals surface area (Å²) in [6, 6.07) is 6.70. The van der Waals surface area contributed by atoms with Crippen molar-refractivity contribution in [3.05, 3.63) is 29.3 Å². The van der Waals surface area contributed by atoms with Gasteiger partial charge < -0.3 is 0 Å². The van der Waals surface area contributed by atoms with E-state index in [1.165, 1.54) is 18.9 Å². The summed E-state index contributed by atoms with van der Waals surface area (Å²) in [6.45, 7) is 4.55. The predicted octanol–water partition coefficient (Wildman–Crippen LogP) is 2.10. The monoisotopic (exact) mass is 302 g/mol. The summed E-state index contributed by atoms with van der Waals surface area (Å²) in [5.74, 6) is 0. The molecule has 0 saturated carbocycles. The van der Waals surface area contributed by atoms with E-state index in [1.54, 1.807) is 18.2 Å². The Hall–Kier alpha value is -0.620. The van der Waals surface area contributed by atoms with E-state index in [0.29, 0.717) is 6.54 Å². The highest BCUT2D eigenvalue weighted by Gasteiger charge is 2.22. The lowest BCUT2D eigenvalue weighted by atomic mass is 10.3. The highest BCUT2D eigenvalue weighted by atomic mass is 35.5. The number of sulfonamides is 1. The van der Waals surface area contributed by atoms with Gasteiger partial charge in [-0.25, -0.2) is 13.1 Å². The largest absolute Gasteiger partial charge is 0.299 e. The van der Waals surface area contributed by atoms with Gasteiger partial charge in [0, 0.05) is 12.6 Å². The van der Waals surface area contributed by atoms with Crippen LogP contribution in [-0.2, 0) is 10.0 Å². The normalized spacial score (nSPS) is 18.6. The molecule has 1 aromatic rings. The molecule has 1 aliphatic rings. The third-order valence-corrected chi connectivity index (χ3v) is 5.38. The Labute approximate surface area is 119 Å². The molecule has 1 N–H and O–H groups in total. The van der Waals surface area contributed by atoms with Gasteiger partial charge in [0.15, 0.2) is 0 Å². The van der Waals surface area contributed by atoms with Gasteiger partial charge in [0.1, 0.15) is 4.90 Å². The highest BCUT2D eigenvalue weighted by molar-refractivity contribution is 7.89. The van der Waals surface area contributed by atoms with Crippen LogP contribution >= 0.6 is 11.6 Å². The van der Waals surface area contributed by atoms with Gasteiger partial charge in [0.05, 0.1) is 5.02 Å². The van der Waals surface area contributed by atoms with E-state index in [1.807, 2.05) is 6.92 Å². The van der Waals surface area contributed by atoms with Crippen molar-refractivity contribution in [3.63, 3.8) is 0 Å². The molecule has 0 radical (unpaired) electrons. The lowest BCUT2D eigenvalue weighted by Gasteiger charge is -2.23. The average Bonchev–Trinajstić information content (AvgIpc) is 2.90. The van der Waals surface area contributed by atoms with Crippen molar-refractivity contribution in [2.24, 2.45) is 0 Å². The second kappa shape index (κ2) is 6.22. The molecule has 2 rings (SSSR count). The third-order valence-electron chi connectivity index (χ3n) is 3.46. The zero-order chi connectivity index (χ0) is 13.9. The van der Waals surface area contributed by atoms with Gasteiger partial charge in [-0.3, -0.25) is 4.90 Å². The van der Waals surface area contributed by atoms with E-state index in [0.717, 1.165) is 13.1 Å². The second-order valence-electron chi connectivity index (χ2n) is 4.87. The quantitative estimate of drug-likeness (QED) is 0.906. The van der Waals surface area contributed by atoms with Gasteiger partial charge in [-0.2, -0.15) is 0 Å². The van der Waals surface area contributed by atoms with Crippen molar-refractivity contribution in [2.75, 3.05) is 19.6 Å². The van der Waals surface area contributed by atoms with Gasteiger partial charge in [-0.15, -0.1) is 0 Å². The Kier molecular flexibility index (Phi) is 4.84. The molecule has 1 heterocycles. The standard InChI is InChI=1S/C13H19ClN2O2S/c1-11(16-8-4-5-9-16)10-15-19(17,18)13-7-3-2-6-12(13)14/h2-3,6-7,11,15H,4-5,8-10H2,1H3. The fourth-order valence-electron chi connectivity index (χ4n) is 2.28. The summed E-state index contributed by atoms with van der Waals surface area (Å²) in [7, 11) is -3.52. The van der Waals surface area contributed by atoms with Gasteiger partial charge in [-0.05, 0) is 45.0 Å². The van der Waals surface area contributed by atoms with Crippen molar-refractivity contribution >= 4 is 21.6 Å². The maximum atomic E-state index is 12.2. The first-order valence-corrected chi connectivity index (χ1v) is 8.35. The first kappa shape index (κ1) is 14.8. The first-order valence-electron chi connectivity index (χ1n) is 6.49. The summed E-state index contributed by atoms with van der Waals surface area (Å²) >= 11 is 5.92. The van der Waals surface area contributed by atoms with Crippen LogP contribution in [0.25, 0.3) is 0 Å². The Morgan fingerprint density at radius 2 is 1.95 bits per heavy atom. The zero-order valence-electron chi connectivity index (χ0n) is 11.0. The maximum absolute atomic E-state index is 12.2. The van der Waals surface area contributed by atoms with Crippen molar-refractivity contribution in [2.45, 2.75) is 30.7 Å². The van der Waals surface area contributed by atoms with Crippen LogP contribution in [0.15, 0.2) is 29.2 Å². The molecular weight excluding hydrogens is 284 g/mol. The Morgan fingerprint density at radius 1 is 1.32 bits per heavy atom. The van der Waals surface area contributed by atoms with Crippen LogP contribution in [0, 0.1) is 0 Å². The number of nitrogens with one attached hydrogen (secondary N) is 1. The molecule has 4 nitrogen and oxygen atoms in total. The highest BCUT2D eigenvalue weighted by Crippen LogP contribution is 2.20. The topological polar surface area (TPSA) is 49.4 Å². The SMILES string of the molecule is CC(CNS(=O)(=O)c1ccccc1Cl)N1CCCC1. The van der Waals surface area contributed by atoms with Crippen molar-refractivity contribution in [1.82, 2.24) is 9.62 Å². The summed E-state index contributed by atoms with van der Waals surface area (Å²) < 4.78 is 27.0. The molecule has 1 aromatic carbocycles. The van der Waals surface area contributed by atoms with Gasteiger partial charge in [0.2, 0.25) is 10.0 Å². The number of rotatable bonds is 5. The van der Waals surface area contributed by atoms with Crippen LogP contribution in [0.2, 0.25) is 5.02 Å². The van der Waals surface area contributed by atoms with Crippen molar-refractivity contribution in [1.29, 1.82) is 0 Å². The molecule has 0 amide bonds. The Morgan fingerprint density at radius 3 is 2.58 bits per heavy atom. The molecule has 0 aliphatic carbocycles. The lowest BCUT2D eigenvalue weighted by molar-refractivity contribution is 0.260. The molecule has 1 fully saturated rings. The molecule has 1 saturated heterocycles. The minimum Gasteiger partial charge on any atom is -0.299 e. The van der Waals surface area contributed by atoms with Crippen LogP contribution < -0.4 is 4.72 Å². The van der Waals surface area contributed by atoms with Crippen LogP contribution in [0.3, 0.4) is 0 Å². The van der Waals surface area contributed by atoms with E-state index in [4.69, 9.17) is 11.6 Å². The van der Waals surface area contributed by atoms with E-state index in [2.05, 4.69) is 9.62 Å². The molecule has 0 aromatic heterocycles. The zero-order valence-corrected chi connectivity index (χ0v) is 12.5. The maximum Gasteiger partial charge on any atom is 0.242 e. The fourth-order valence-corrected chi connectivity index (χ4v) is 3.92. The minimum atomic E-state index is -3.52. The number of halogens is 1. The Bertz CT molecular complexity index is 527. The molecule has 0 bridgehead atoms. The molecule has 1 atom stereocenters. The molecule has 19 heavy (non-hydrogen) atoms. The molecule has 106 valence electrons. The fraction of sp³-hybridized carbons (Fsp3) is 0.538. The molecule has 1 unspecified atom stereocenters. The van der Waals surface area contributed by atoms with Crippen molar-refractivity contribution in [3.8, 4) is 0 Å². The lowest BCUT2D eigenvalue weighted by Crippen LogP contribution is -2.40. The molecule has 0 spiro atoms. The summed E-state index contributed by atoms with van der Waals surface area (Å²) in [5, 5.41) is 0.254. The molecular formula is C13H19ClN2O2S. The van der Waals surface area contributed by atoms with E-state index < -0.39 is 10.0 Å². The number of nitrogens with zero attached hydrogens (tertiary/aromatic N) is 1. The van der Waals surface area contributed by atoms with E-state index >= 15 is 0 Å². The van der Waals surface area contributed by atoms with E-state index in [9.17, 15) is 8.42 Å². The summed E-state index contributed by atoms with van der Waals surface area (Å²) in [4.78, 5) is 2.44. The van der Waals surface area contributed by atoms with Gasteiger partial charge in [-0.1, -0.05) is 23.7 Å². The van der Waals surface area contributed by atoms with Crippen molar-refractivity contribution < 1.29 is 8.42 Å². The summed E-state index contributed by atoms with van der Waals surface area (Å²) in [6.07, 6.45) is 2.39. The van der Waals surface area contributed by atoms with Gasteiger partial charge >= 0.3 is 0 Å². The van der Waals surface area contributed by atoms with Crippen LogP contribution in [0.4, 0.5) is 0 Å². The Balaban J connectivity index is 2.00. The van der Waals surface area contributed by atoms with Crippen LogP contribution in [0.5, 0.6) is 0 Å². The van der Waals surface area contributed by atoms with Crippen LogP contribution in [0.1, 0.15) is 19.8 Å². The van der Waals surface area contributed by atoms with Gasteiger partial charge in [0.25, 0.3) is 0 Å². The smallest absolute Gasteiger partial charge is 0.242 e. The van der Waals surface area contributed by atoms with Crippen LogP contribution in [-0.4, -0.2) is 39.0 Å². The number of hydrogen-bond acceptors (Lipinski definition) is 3. The first-order chi connectivity index (χ1) is 9.00. The number of benzene rings is 1.